The SMILES string of the molecule is CCCC.CCN1C(=O)C2(OCCCO2)c2cc(SN(C)C)ccc21. The highest BCUT2D eigenvalue weighted by atomic mass is 32.2. The number of rotatable bonds is 4. The van der Waals surface area contributed by atoms with Crippen molar-refractivity contribution in [2.45, 2.75) is 50.7 Å². The van der Waals surface area contributed by atoms with Crippen LogP contribution in [0.25, 0.3) is 0 Å². The van der Waals surface area contributed by atoms with Gasteiger partial charge in [0.1, 0.15) is 0 Å². The van der Waals surface area contributed by atoms with Gasteiger partial charge in [0.25, 0.3) is 11.7 Å². The highest BCUT2D eigenvalue weighted by Gasteiger charge is 2.54. The average molecular weight is 367 g/mol. The summed E-state index contributed by atoms with van der Waals surface area (Å²) < 4.78 is 13.7. The van der Waals surface area contributed by atoms with Crippen LogP contribution in [0.5, 0.6) is 0 Å². The van der Waals surface area contributed by atoms with Crippen LogP contribution in [0.1, 0.15) is 45.6 Å². The van der Waals surface area contributed by atoms with E-state index in [1.807, 2.05) is 43.5 Å². The lowest BCUT2D eigenvalue weighted by atomic mass is 10.1. The van der Waals surface area contributed by atoms with Crippen molar-refractivity contribution in [1.82, 2.24) is 4.31 Å². The number of anilines is 1. The fourth-order valence-electron chi connectivity index (χ4n) is 2.81. The molecule has 0 N–H and O–H groups in total. The molecule has 1 aromatic carbocycles. The standard InChI is InChI=1S/C15H20N2O3S.C4H10/c1-4-17-13-7-6-11(21-16(2)3)10-12(13)15(14(17)18)19-8-5-9-20-15;1-3-4-2/h6-7,10H,4-5,8-9H2,1-3H3;3-4H2,1-2H3. The first kappa shape index (κ1) is 20.2. The molecule has 0 aromatic heterocycles. The van der Waals surface area contributed by atoms with Crippen molar-refractivity contribution >= 4 is 23.5 Å². The van der Waals surface area contributed by atoms with Crippen LogP contribution in [0.3, 0.4) is 0 Å². The number of nitrogens with zero attached hydrogens (tertiary/aromatic N) is 2. The average Bonchev–Trinajstić information content (AvgIpc) is 2.83. The number of ether oxygens (including phenoxy) is 2. The summed E-state index contributed by atoms with van der Waals surface area (Å²) in [5, 5.41) is 0. The van der Waals surface area contributed by atoms with Gasteiger partial charge in [0.15, 0.2) is 0 Å². The largest absolute Gasteiger partial charge is 0.338 e. The van der Waals surface area contributed by atoms with Crippen molar-refractivity contribution < 1.29 is 14.3 Å². The summed E-state index contributed by atoms with van der Waals surface area (Å²) in [5.41, 5.74) is 1.73. The first-order valence-electron chi connectivity index (χ1n) is 9.09. The summed E-state index contributed by atoms with van der Waals surface area (Å²) in [4.78, 5) is 15.6. The molecule has 25 heavy (non-hydrogen) atoms. The second kappa shape index (κ2) is 9.03. The summed E-state index contributed by atoms with van der Waals surface area (Å²) in [6.07, 6.45) is 3.46. The van der Waals surface area contributed by atoms with E-state index in [0.717, 1.165) is 22.6 Å². The summed E-state index contributed by atoms with van der Waals surface area (Å²) in [7, 11) is 3.98. The van der Waals surface area contributed by atoms with Gasteiger partial charge in [-0.15, -0.1) is 0 Å². The van der Waals surface area contributed by atoms with Gasteiger partial charge in [-0.25, -0.2) is 0 Å². The zero-order chi connectivity index (χ0) is 18.4. The van der Waals surface area contributed by atoms with Crippen LogP contribution >= 0.6 is 11.9 Å². The molecule has 0 unspecified atom stereocenters. The Morgan fingerprint density at radius 1 is 1.16 bits per heavy atom. The molecule has 5 nitrogen and oxygen atoms in total. The number of hydrogen-bond donors (Lipinski definition) is 0. The topological polar surface area (TPSA) is 42.0 Å². The number of unbranched alkanes of at least 4 members (excludes halogenated alkanes) is 1. The molecule has 3 rings (SSSR count). The van der Waals surface area contributed by atoms with E-state index >= 15 is 0 Å². The third kappa shape index (κ3) is 4.19. The molecule has 1 aromatic rings. The zero-order valence-corrected chi connectivity index (χ0v) is 16.8. The Morgan fingerprint density at radius 2 is 1.80 bits per heavy atom. The van der Waals surface area contributed by atoms with Crippen LogP contribution < -0.4 is 4.90 Å². The fourth-order valence-corrected chi connectivity index (χ4v) is 3.53. The zero-order valence-electron chi connectivity index (χ0n) is 16.0. The minimum absolute atomic E-state index is 0.105. The summed E-state index contributed by atoms with van der Waals surface area (Å²) in [6, 6.07) is 6.03. The van der Waals surface area contributed by atoms with E-state index in [1.54, 1.807) is 16.8 Å². The van der Waals surface area contributed by atoms with Crippen molar-refractivity contribution in [3.8, 4) is 0 Å². The Balaban J connectivity index is 0.000000511. The number of amides is 1. The molecule has 140 valence electrons. The highest BCUT2D eigenvalue weighted by molar-refractivity contribution is 7.97. The Kier molecular flexibility index (Phi) is 7.31. The summed E-state index contributed by atoms with van der Waals surface area (Å²) in [5.74, 6) is -1.33. The predicted octanol–water partition coefficient (Wildman–Crippen LogP) is 4.02. The molecule has 0 atom stereocenters. The lowest BCUT2D eigenvalue weighted by molar-refractivity contribution is -0.256. The van der Waals surface area contributed by atoms with Crippen LogP contribution in [0.4, 0.5) is 5.69 Å². The molecule has 0 saturated carbocycles. The number of carbonyl (C=O) groups excluding carboxylic acids is 1. The highest BCUT2D eigenvalue weighted by Crippen LogP contribution is 2.46. The minimum atomic E-state index is -1.23. The van der Waals surface area contributed by atoms with Gasteiger partial charge >= 0.3 is 0 Å². The number of likely N-dealkylation sites (N-methyl/N-ethyl adjacent to an activating group) is 1. The molecule has 1 spiro atoms. The predicted molar refractivity (Wildman–Crippen MR) is 103 cm³/mol. The molecular weight excluding hydrogens is 336 g/mol. The molecule has 6 heteroatoms. The van der Waals surface area contributed by atoms with Crippen molar-refractivity contribution in [3.05, 3.63) is 23.8 Å². The van der Waals surface area contributed by atoms with E-state index in [9.17, 15) is 4.79 Å². The van der Waals surface area contributed by atoms with Crippen molar-refractivity contribution in [1.29, 1.82) is 0 Å². The molecule has 1 fully saturated rings. The molecule has 1 saturated heterocycles. The van der Waals surface area contributed by atoms with E-state index in [0.29, 0.717) is 19.8 Å². The first-order valence-corrected chi connectivity index (χ1v) is 9.87. The quantitative estimate of drug-likeness (QED) is 0.753. The number of hydrogen-bond acceptors (Lipinski definition) is 5. The normalized spacial score (nSPS) is 18.3. The van der Waals surface area contributed by atoms with E-state index in [-0.39, 0.29) is 5.91 Å². The van der Waals surface area contributed by atoms with Gasteiger partial charge in [-0.2, -0.15) is 0 Å². The molecule has 2 aliphatic heterocycles. The van der Waals surface area contributed by atoms with Gasteiger partial charge in [0, 0.05) is 17.0 Å². The van der Waals surface area contributed by atoms with Crippen LogP contribution in [0, 0.1) is 0 Å². The second-order valence-corrected chi connectivity index (χ2v) is 7.68. The molecule has 2 heterocycles. The summed E-state index contributed by atoms with van der Waals surface area (Å²) >= 11 is 1.61. The molecule has 0 aliphatic carbocycles. The number of benzene rings is 1. The van der Waals surface area contributed by atoms with Crippen molar-refractivity contribution in [2.24, 2.45) is 0 Å². The Hall–Kier alpha value is -1.08. The number of fused-ring (bicyclic) bond motifs is 2. The van der Waals surface area contributed by atoms with E-state index < -0.39 is 5.79 Å². The van der Waals surface area contributed by atoms with Crippen molar-refractivity contribution in [2.75, 3.05) is 38.8 Å². The van der Waals surface area contributed by atoms with E-state index in [4.69, 9.17) is 9.47 Å². The van der Waals surface area contributed by atoms with Gasteiger partial charge in [0.2, 0.25) is 0 Å². The lowest BCUT2D eigenvalue weighted by Crippen LogP contribution is -2.47. The third-order valence-corrected chi connectivity index (χ3v) is 4.97. The van der Waals surface area contributed by atoms with Crippen LogP contribution in [-0.2, 0) is 20.1 Å². The van der Waals surface area contributed by atoms with Gasteiger partial charge in [0.05, 0.1) is 18.9 Å². The minimum Gasteiger partial charge on any atom is -0.338 e. The molecule has 0 bridgehead atoms. The fraction of sp³-hybridized carbons (Fsp3) is 0.632. The second-order valence-electron chi connectivity index (χ2n) is 6.30. The van der Waals surface area contributed by atoms with Gasteiger partial charge in [-0.1, -0.05) is 26.7 Å². The maximum atomic E-state index is 12.8. The van der Waals surface area contributed by atoms with Gasteiger partial charge in [-0.05, 0) is 57.6 Å². The Morgan fingerprint density at radius 3 is 2.32 bits per heavy atom. The summed E-state index contributed by atoms with van der Waals surface area (Å²) in [6.45, 7) is 8.04. The van der Waals surface area contributed by atoms with Gasteiger partial charge < -0.3 is 14.4 Å². The monoisotopic (exact) mass is 366 g/mol. The molecule has 2 aliphatic rings. The maximum absolute atomic E-state index is 12.8. The van der Waals surface area contributed by atoms with E-state index in [1.165, 1.54) is 12.8 Å². The molecule has 1 amide bonds. The number of carbonyl (C=O) groups is 1. The Labute approximate surface area is 155 Å². The Bertz CT molecular complexity index is 584. The first-order chi connectivity index (χ1) is 12.0. The molecule has 0 radical (unpaired) electrons. The van der Waals surface area contributed by atoms with Crippen molar-refractivity contribution in [3.63, 3.8) is 0 Å². The van der Waals surface area contributed by atoms with Crippen LogP contribution in [-0.4, -0.2) is 44.1 Å². The van der Waals surface area contributed by atoms with Crippen LogP contribution in [0.15, 0.2) is 23.1 Å². The maximum Gasteiger partial charge on any atom is 0.292 e. The third-order valence-electron chi connectivity index (χ3n) is 4.14. The molecular formula is C19H30N2O3S. The smallest absolute Gasteiger partial charge is 0.292 e. The van der Waals surface area contributed by atoms with Crippen LogP contribution in [0.2, 0.25) is 0 Å². The van der Waals surface area contributed by atoms with Gasteiger partial charge in [-0.3, -0.25) is 9.10 Å². The van der Waals surface area contributed by atoms with E-state index in [2.05, 4.69) is 13.8 Å². The lowest BCUT2D eigenvalue weighted by Gasteiger charge is -2.32.